The Morgan fingerprint density at radius 2 is 1.25 bits per heavy atom. The minimum absolute atomic E-state index is 0.0357. The number of benzene rings is 2. The summed E-state index contributed by atoms with van der Waals surface area (Å²) >= 11 is 6.07. The van der Waals surface area contributed by atoms with Crippen molar-refractivity contribution in [3.8, 4) is 11.5 Å². The molecule has 6 rings (SSSR count). The molecule has 17 nitrogen and oxygen atoms in total. The Labute approximate surface area is 355 Å². The second-order valence-corrected chi connectivity index (χ2v) is 16.4. The standard InChI is InChI=1S/C42H55ClN10O7/c1-51-19-17-32(41(51)57)47-34(54)25-59-30-13-9-27(10-14-30)6-3-21-53(23-5-8-29(24-53)46-40(56)36-38(44)50-39(45)37(43)49-36)22-4-7-28-11-15-31(16-12-28)60-26-35(55)48-33-18-20-52(2)42(33)58/h9-16,29,32-33H,3-8,17-26H2,1-2H3,(H6-,44,45,46,47,48,50,54,55,56)/p+1. The van der Waals surface area contributed by atoms with Crippen LogP contribution in [0.5, 0.6) is 11.5 Å². The van der Waals surface area contributed by atoms with E-state index in [1.54, 1.807) is 23.9 Å². The van der Waals surface area contributed by atoms with Crippen LogP contribution in [0.15, 0.2) is 48.5 Å². The summed E-state index contributed by atoms with van der Waals surface area (Å²) in [5.74, 6) is -0.241. The average Bonchev–Trinajstić information content (AvgIpc) is 3.72. The lowest BCUT2D eigenvalue weighted by Crippen LogP contribution is -2.60. The zero-order valence-electron chi connectivity index (χ0n) is 34.3. The highest BCUT2D eigenvalue weighted by atomic mass is 35.5. The first-order chi connectivity index (χ1) is 28.8. The molecule has 3 saturated heterocycles. The molecule has 0 saturated carbocycles. The summed E-state index contributed by atoms with van der Waals surface area (Å²) in [5, 5.41) is 8.56. The van der Waals surface area contributed by atoms with Crippen LogP contribution in [0.1, 0.15) is 60.1 Å². The number of halogens is 1. The molecule has 5 amide bonds. The van der Waals surface area contributed by atoms with Gasteiger partial charge in [0.1, 0.15) is 23.6 Å². The molecular weight excluding hydrogens is 792 g/mol. The van der Waals surface area contributed by atoms with Crippen LogP contribution in [0.25, 0.3) is 0 Å². The summed E-state index contributed by atoms with van der Waals surface area (Å²) in [7, 11) is 3.44. The van der Waals surface area contributed by atoms with Gasteiger partial charge < -0.3 is 51.2 Å². The Balaban J connectivity index is 1.02. The Bertz CT molecular complexity index is 1920. The van der Waals surface area contributed by atoms with Crippen molar-refractivity contribution in [2.75, 3.05) is 78.0 Å². The molecule has 0 spiro atoms. The van der Waals surface area contributed by atoms with Gasteiger partial charge in [-0.1, -0.05) is 35.9 Å². The van der Waals surface area contributed by atoms with E-state index in [-0.39, 0.29) is 65.4 Å². The van der Waals surface area contributed by atoms with Crippen LogP contribution in [0.3, 0.4) is 0 Å². The van der Waals surface area contributed by atoms with Crippen molar-refractivity contribution in [1.29, 1.82) is 0 Å². The summed E-state index contributed by atoms with van der Waals surface area (Å²) < 4.78 is 12.2. The van der Waals surface area contributed by atoms with E-state index in [2.05, 4.69) is 25.9 Å². The number of ether oxygens (including phenoxy) is 2. The summed E-state index contributed by atoms with van der Waals surface area (Å²) in [5.41, 5.74) is 14.0. The number of hydrogen-bond acceptors (Lipinski definition) is 11. The van der Waals surface area contributed by atoms with E-state index in [0.29, 0.717) is 37.4 Å². The summed E-state index contributed by atoms with van der Waals surface area (Å²) in [4.78, 5) is 73.7. The minimum Gasteiger partial charge on any atom is -0.484 e. The second-order valence-electron chi connectivity index (χ2n) is 16.1. The zero-order chi connectivity index (χ0) is 42.8. The van der Waals surface area contributed by atoms with E-state index in [1.165, 1.54) is 0 Å². The number of aromatic nitrogens is 2. The minimum atomic E-state index is -0.500. The highest BCUT2D eigenvalue weighted by Crippen LogP contribution is 2.25. The number of nitrogens with two attached hydrogens (primary N) is 2. The van der Waals surface area contributed by atoms with Gasteiger partial charge in [0.25, 0.3) is 17.7 Å². The first kappa shape index (κ1) is 43.9. The first-order valence-electron chi connectivity index (χ1n) is 20.5. The topological polar surface area (TPSA) is 224 Å². The average molecular weight is 848 g/mol. The normalized spacial score (nSPS) is 21.5. The molecule has 0 bridgehead atoms. The smallest absolute Gasteiger partial charge is 0.274 e. The van der Waals surface area contributed by atoms with Gasteiger partial charge >= 0.3 is 0 Å². The number of aryl methyl sites for hydroxylation is 2. The molecule has 3 aromatic rings. The van der Waals surface area contributed by atoms with Gasteiger partial charge in [0.2, 0.25) is 11.8 Å². The lowest BCUT2D eigenvalue weighted by atomic mass is 9.99. The van der Waals surface area contributed by atoms with Crippen LogP contribution in [-0.4, -0.2) is 138 Å². The number of anilines is 2. The maximum atomic E-state index is 13.3. The van der Waals surface area contributed by atoms with Crippen LogP contribution in [-0.2, 0) is 32.0 Å². The highest BCUT2D eigenvalue weighted by molar-refractivity contribution is 6.31. The van der Waals surface area contributed by atoms with Gasteiger partial charge in [0.15, 0.2) is 35.7 Å². The quantitative estimate of drug-likeness (QED) is 0.116. The monoisotopic (exact) mass is 847 g/mol. The molecule has 3 aliphatic heterocycles. The SMILES string of the molecule is CN1CCC(NC(=O)COc2ccc(CCC[N+]3(CCCc4ccc(OCC(=O)NC5CCN(C)C5=O)cc4)CCCC(NC(=O)c4nc(Cl)c(N)nc4N)C3)cc2)C1=O. The number of piperidine rings is 1. The molecular formula is C42H56ClN10O7+. The number of amides is 5. The highest BCUT2D eigenvalue weighted by Gasteiger charge is 2.36. The predicted octanol–water partition coefficient (Wildman–Crippen LogP) is 1.72. The van der Waals surface area contributed by atoms with Crippen molar-refractivity contribution in [3.05, 3.63) is 70.5 Å². The first-order valence-corrected chi connectivity index (χ1v) is 20.9. The Kier molecular flexibility index (Phi) is 14.7. The lowest BCUT2D eigenvalue weighted by Gasteiger charge is -2.45. The van der Waals surface area contributed by atoms with E-state index in [9.17, 15) is 24.0 Å². The molecule has 0 radical (unpaired) electrons. The third-order valence-corrected chi connectivity index (χ3v) is 11.8. The van der Waals surface area contributed by atoms with E-state index in [0.717, 1.165) is 80.3 Å². The van der Waals surface area contributed by atoms with Gasteiger partial charge in [0.05, 0.1) is 32.2 Å². The number of carbonyl (C=O) groups excluding carboxylic acids is 5. The molecule has 0 aliphatic carbocycles. The van der Waals surface area contributed by atoms with Crippen molar-refractivity contribution in [2.24, 2.45) is 0 Å². The molecule has 4 heterocycles. The zero-order valence-corrected chi connectivity index (χ0v) is 35.0. The number of likely N-dealkylation sites (tertiary alicyclic amines) is 3. The van der Waals surface area contributed by atoms with E-state index < -0.39 is 18.0 Å². The molecule has 1 aromatic heterocycles. The van der Waals surface area contributed by atoms with Gasteiger partial charge in [-0.25, -0.2) is 9.97 Å². The molecule has 2 aromatic carbocycles. The van der Waals surface area contributed by atoms with Crippen LogP contribution in [0.4, 0.5) is 11.6 Å². The number of rotatable bonds is 18. The molecule has 18 heteroatoms. The summed E-state index contributed by atoms with van der Waals surface area (Å²) in [6.07, 6.45) is 6.39. The van der Waals surface area contributed by atoms with Crippen LogP contribution in [0, 0.1) is 0 Å². The third-order valence-electron chi connectivity index (χ3n) is 11.6. The fourth-order valence-electron chi connectivity index (χ4n) is 8.25. The molecule has 3 aliphatic rings. The maximum absolute atomic E-state index is 13.3. The number of nitrogens with one attached hydrogen (secondary N) is 3. The van der Waals surface area contributed by atoms with Crippen molar-refractivity contribution >= 4 is 52.8 Å². The van der Waals surface area contributed by atoms with Gasteiger partial charge in [-0.15, -0.1) is 0 Å². The van der Waals surface area contributed by atoms with Gasteiger partial charge in [-0.2, -0.15) is 0 Å². The molecule has 3 fully saturated rings. The molecule has 3 unspecified atom stereocenters. The Morgan fingerprint density at radius 3 is 1.72 bits per heavy atom. The molecule has 3 atom stereocenters. The number of nitrogen functional groups attached to an aromatic ring is 2. The number of carbonyl (C=O) groups is 5. The second kappa shape index (κ2) is 20.1. The Morgan fingerprint density at radius 1 is 0.750 bits per heavy atom. The van der Waals surface area contributed by atoms with Crippen LogP contribution < -0.4 is 36.9 Å². The van der Waals surface area contributed by atoms with E-state index in [1.807, 2.05) is 48.5 Å². The van der Waals surface area contributed by atoms with Crippen molar-refractivity contribution in [3.63, 3.8) is 0 Å². The number of likely N-dealkylation sites (N-methyl/N-ethyl adjacent to an activating group) is 2. The summed E-state index contributed by atoms with van der Waals surface area (Å²) in [6, 6.07) is 14.3. The molecule has 7 N–H and O–H groups in total. The van der Waals surface area contributed by atoms with E-state index >= 15 is 0 Å². The van der Waals surface area contributed by atoms with Gasteiger partial charge in [-0.3, -0.25) is 24.0 Å². The summed E-state index contributed by atoms with van der Waals surface area (Å²) in [6.45, 7) is 4.39. The number of hydrogen-bond donors (Lipinski definition) is 5. The molecule has 322 valence electrons. The predicted molar refractivity (Wildman–Crippen MR) is 225 cm³/mol. The van der Waals surface area contributed by atoms with Crippen LogP contribution >= 0.6 is 11.6 Å². The largest absolute Gasteiger partial charge is 0.484 e. The molecule has 60 heavy (non-hydrogen) atoms. The number of quaternary nitrogens is 1. The van der Waals surface area contributed by atoms with Crippen LogP contribution in [0.2, 0.25) is 5.15 Å². The van der Waals surface area contributed by atoms with Crippen molar-refractivity contribution in [2.45, 2.75) is 69.5 Å². The third kappa shape index (κ3) is 11.7. The Hall–Kier alpha value is -5.68. The van der Waals surface area contributed by atoms with Gasteiger partial charge in [-0.05, 0) is 73.9 Å². The fourth-order valence-corrected chi connectivity index (χ4v) is 8.37. The van der Waals surface area contributed by atoms with E-state index in [4.69, 9.17) is 32.5 Å². The van der Waals surface area contributed by atoms with Gasteiger partial charge in [0, 0.05) is 40.0 Å². The fraction of sp³-hybridized carbons (Fsp3) is 0.500. The lowest BCUT2D eigenvalue weighted by molar-refractivity contribution is -0.933. The maximum Gasteiger partial charge on any atom is 0.274 e. The van der Waals surface area contributed by atoms with Crippen molar-refractivity contribution in [1.82, 2.24) is 35.7 Å². The van der Waals surface area contributed by atoms with Crippen molar-refractivity contribution < 1.29 is 37.9 Å². The number of nitrogens with zero attached hydrogens (tertiary/aromatic N) is 5.